The number of hydrogen-bond acceptors (Lipinski definition) is 4. The highest BCUT2D eigenvalue weighted by Gasteiger charge is 2.31. The van der Waals surface area contributed by atoms with E-state index >= 15 is 0 Å². The SMILES string of the molecule is COc1cc(C)c(S(=O)(=O)NC2CCCC(C)C2C)cc1OC. The Morgan fingerprint density at radius 1 is 1.09 bits per heavy atom. The summed E-state index contributed by atoms with van der Waals surface area (Å²) in [6.07, 6.45) is 3.11. The smallest absolute Gasteiger partial charge is 0.241 e. The number of ether oxygens (including phenoxy) is 2. The molecule has 0 radical (unpaired) electrons. The van der Waals surface area contributed by atoms with E-state index in [1.54, 1.807) is 13.0 Å². The molecular formula is C17H27NO4S. The molecule has 1 saturated carbocycles. The molecular weight excluding hydrogens is 314 g/mol. The average Bonchev–Trinajstić information content (AvgIpc) is 2.51. The Bertz CT molecular complexity index is 657. The molecule has 23 heavy (non-hydrogen) atoms. The van der Waals surface area contributed by atoms with E-state index in [0.717, 1.165) is 19.3 Å². The third-order valence-corrected chi connectivity index (χ3v) is 6.62. The van der Waals surface area contributed by atoms with E-state index in [4.69, 9.17) is 9.47 Å². The van der Waals surface area contributed by atoms with Gasteiger partial charge in [0.05, 0.1) is 19.1 Å². The fourth-order valence-corrected chi connectivity index (χ4v) is 4.87. The van der Waals surface area contributed by atoms with E-state index < -0.39 is 10.0 Å². The van der Waals surface area contributed by atoms with Crippen LogP contribution >= 0.6 is 0 Å². The van der Waals surface area contributed by atoms with E-state index in [0.29, 0.717) is 28.9 Å². The molecule has 1 N–H and O–H groups in total. The lowest BCUT2D eigenvalue weighted by atomic mass is 9.78. The van der Waals surface area contributed by atoms with Crippen molar-refractivity contribution in [2.24, 2.45) is 11.8 Å². The number of nitrogens with one attached hydrogen (secondary N) is 1. The summed E-state index contributed by atoms with van der Waals surface area (Å²) in [4.78, 5) is 0.251. The number of methoxy groups -OCH3 is 2. The summed E-state index contributed by atoms with van der Waals surface area (Å²) in [5, 5.41) is 0. The summed E-state index contributed by atoms with van der Waals surface area (Å²) >= 11 is 0. The molecule has 0 aliphatic heterocycles. The molecule has 0 amide bonds. The van der Waals surface area contributed by atoms with Gasteiger partial charge in [0.25, 0.3) is 0 Å². The van der Waals surface area contributed by atoms with Gasteiger partial charge in [-0.1, -0.05) is 26.7 Å². The van der Waals surface area contributed by atoms with Crippen molar-refractivity contribution < 1.29 is 17.9 Å². The highest BCUT2D eigenvalue weighted by molar-refractivity contribution is 7.89. The van der Waals surface area contributed by atoms with Crippen LogP contribution in [0.15, 0.2) is 17.0 Å². The van der Waals surface area contributed by atoms with Gasteiger partial charge in [-0.25, -0.2) is 13.1 Å². The molecule has 6 heteroatoms. The molecule has 1 aliphatic carbocycles. The van der Waals surface area contributed by atoms with Gasteiger partial charge in [0, 0.05) is 12.1 Å². The Morgan fingerprint density at radius 3 is 2.30 bits per heavy atom. The van der Waals surface area contributed by atoms with Crippen LogP contribution in [0.3, 0.4) is 0 Å². The van der Waals surface area contributed by atoms with E-state index in [-0.39, 0.29) is 10.9 Å². The number of sulfonamides is 1. The Balaban J connectivity index is 2.32. The molecule has 3 atom stereocenters. The molecule has 0 aromatic heterocycles. The van der Waals surface area contributed by atoms with Crippen LogP contribution in [0.25, 0.3) is 0 Å². The molecule has 1 aromatic carbocycles. The highest BCUT2D eigenvalue weighted by Crippen LogP contribution is 2.34. The van der Waals surface area contributed by atoms with Crippen molar-refractivity contribution in [3.63, 3.8) is 0 Å². The van der Waals surface area contributed by atoms with Crippen molar-refractivity contribution in [2.45, 2.75) is 51.0 Å². The maximum absolute atomic E-state index is 12.8. The molecule has 1 aromatic rings. The van der Waals surface area contributed by atoms with Gasteiger partial charge in [0.15, 0.2) is 11.5 Å². The van der Waals surface area contributed by atoms with Crippen LogP contribution < -0.4 is 14.2 Å². The Kier molecular flexibility index (Phi) is 5.57. The third-order valence-electron chi connectivity index (χ3n) is 4.98. The van der Waals surface area contributed by atoms with Crippen LogP contribution in [-0.4, -0.2) is 28.7 Å². The van der Waals surface area contributed by atoms with E-state index in [1.807, 2.05) is 0 Å². The zero-order valence-corrected chi connectivity index (χ0v) is 15.4. The molecule has 0 spiro atoms. The van der Waals surface area contributed by atoms with Crippen LogP contribution in [0.2, 0.25) is 0 Å². The molecule has 3 unspecified atom stereocenters. The topological polar surface area (TPSA) is 64.6 Å². The first-order chi connectivity index (χ1) is 10.8. The lowest BCUT2D eigenvalue weighted by Crippen LogP contribution is -2.43. The molecule has 0 bridgehead atoms. The predicted octanol–water partition coefficient (Wildman–Crippen LogP) is 3.12. The highest BCUT2D eigenvalue weighted by atomic mass is 32.2. The van der Waals surface area contributed by atoms with Gasteiger partial charge in [0.2, 0.25) is 10.0 Å². The van der Waals surface area contributed by atoms with Crippen molar-refractivity contribution in [1.82, 2.24) is 4.72 Å². The summed E-state index contributed by atoms with van der Waals surface area (Å²) in [7, 11) is -0.552. The van der Waals surface area contributed by atoms with Crippen molar-refractivity contribution >= 4 is 10.0 Å². The van der Waals surface area contributed by atoms with Crippen molar-refractivity contribution in [3.05, 3.63) is 17.7 Å². The Morgan fingerprint density at radius 2 is 1.70 bits per heavy atom. The molecule has 2 rings (SSSR count). The molecule has 1 aliphatic rings. The van der Waals surface area contributed by atoms with E-state index in [9.17, 15) is 8.42 Å². The fourth-order valence-electron chi connectivity index (χ4n) is 3.26. The van der Waals surface area contributed by atoms with Gasteiger partial charge in [-0.15, -0.1) is 0 Å². The van der Waals surface area contributed by atoms with E-state index in [2.05, 4.69) is 18.6 Å². The maximum Gasteiger partial charge on any atom is 0.241 e. The number of rotatable bonds is 5. The van der Waals surface area contributed by atoms with Crippen molar-refractivity contribution in [2.75, 3.05) is 14.2 Å². The summed E-state index contributed by atoms with van der Waals surface area (Å²) in [5.74, 6) is 1.81. The standard InChI is InChI=1S/C17H27NO4S/c1-11-7-6-8-14(13(11)3)18-23(19,20)17-10-16(22-5)15(21-4)9-12(17)2/h9-11,13-14,18H,6-8H2,1-5H3. The quantitative estimate of drug-likeness (QED) is 0.894. The van der Waals surface area contributed by atoms with Crippen LogP contribution in [0.5, 0.6) is 11.5 Å². The largest absolute Gasteiger partial charge is 0.493 e. The van der Waals surface area contributed by atoms with Gasteiger partial charge in [-0.3, -0.25) is 0 Å². The first-order valence-corrected chi connectivity index (χ1v) is 9.53. The summed E-state index contributed by atoms with van der Waals surface area (Å²) in [5.41, 5.74) is 0.645. The van der Waals surface area contributed by atoms with Gasteiger partial charge in [-0.05, 0) is 36.8 Å². The number of benzene rings is 1. The maximum atomic E-state index is 12.8. The lowest BCUT2D eigenvalue weighted by Gasteiger charge is -2.34. The zero-order chi connectivity index (χ0) is 17.2. The number of hydrogen-bond donors (Lipinski definition) is 1. The van der Waals surface area contributed by atoms with Gasteiger partial charge in [-0.2, -0.15) is 0 Å². The van der Waals surface area contributed by atoms with Crippen molar-refractivity contribution in [1.29, 1.82) is 0 Å². The van der Waals surface area contributed by atoms with E-state index in [1.165, 1.54) is 20.3 Å². The molecule has 0 saturated heterocycles. The minimum atomic E-state index is -3.59. The second kappa shape index (κ2) is 7.09. The fraction of sp³-hybridized carbons (Fsp3) is 0.647. The Hall–Kier alpha value is -1.27. The van der Waals surface area contributed by atoms with Gasteiger partial charge < -0.3 is 9.47 Å². The third kappa shape index (κ3) is 3.80. The molecule has 0 heterocycles. The summed E-state index contributed by atoms with van der Waals surface area (Å²) in [6, 6.07) is 3.21. The lowest BCUT2D eigenvalue weighted by molar-refractivity contribution is 0.227. The minimum absolute atomic E-state index is 0.0174. The van der Waals surface area contributed by atoms with Crippen LogP contribution in [0.1, 0.15) is 38.7 Å². The minimum Gasteiger partial charge on any atom is -0.493 e. The Labute approximate surface area is 139 Å². The summed E-state index contributed by atoms with van der Waals surface area (Å²) < 4.78 is 39.0. The van der Waals surface area contributed by atoms with Crippen LogP contribution in [0.4, 0.5) is 0 Å². The molecule has 1 fully saturated rings. The van der Waals surface area contributed by atoms with Crippen LogP contribution in [0, 0.1) is 18.8 Å². The first kappa shape index (κ1) is 18.1. The van der Waals surface area contributed by atoms with Crippen LogP contribution in [-0.2, 0) is 10.0 Å². The number of aryl methyl sites for hydroxylation is 1. The second-order valence-corrected chi connectivity index (χ2v) is 8.15. The summed E-state index contributed by atoms with van der Waals surface area (Å²) in [6.45, 7) is 6.08. The zero-order valence-electron chi connectivity index (χ0n) is 14.5. The molecule has 130 valence electrons. The van der Waals surface area contributed by atoms with Gasteiger partial charge >= 0.3 is 0 Å². The first-order valence-electron chi connectivity index (χ1n) is 8.05. The predicted molar refractivity (Wildman–Crippen MR) is 90.6 cm³/mol. The molecule has 5 nitrogen and oxygen atoms in total. The van der Waals surface area contributed by atoms with Gasteiger partial charge in [0.1, 0.15) is 0 Å². The monoisotopic (exact) mass is 341 g/mol. The normalized spacial score (nSPS) is 25.2. The average molecular weight is 341 g/mol. The second-order valence-electron chi connectivity index (χ2n) is 6.47. The van der Waals surface area contributed by atoms with Crippen molar-refractivity contribution in [3.8, 4) is 11.5 Å².